The molecule has 0 saturated carbocycles. The van der Waals surface area contributed by atoms with Crippen LogP contribution in [-0.4, -0.2) is 52.8 Å². The number of halogens is 2. The Morgan fingerprint density at radius 1 is 0.824 bits per heavy atom. The molecule has 0 amide bonds. The second kappa shape index (κ2) is 14.7. The van der Waals surface area contributed by atoms with Gasteiger partial charge in [-0.15, -0.1) is 0 Å². The van der Waals surface area contributed by atoms with E-state index in [-0.39, 0.29) is 58.3 Å². The number of para-hydroxylation sites is 1. The van der Waals surface area contributed by atoms with Crippen molar-refractivity contribution in [1.82, 2.24) is 4.48 Å². The molecule has 1 N–H and O–H groups in total. The SMILES string of the molecule is CCOC(=O)C1=C(c2ccccc2)C2=Cc3c(-c4ccccc4)c(C(=O)OCC)c(/C=C/OC(C)=O)n3[B-](F)(F)[N+]2=C1/C=C/Nc1ccccc1. The van der Waals surface area contributed by atoms with Crippen molar-refractivity contribution in [3.63, 3.8) is 0 Å². The fourth-order valence-corrected chi connectivity index (χ4v) is 6.34. The zero-order valence-electron chi connectivity index (χ0n) is 28.1. The smallest absolute Gasteiger partial charge is 0.462 e. The van der Waals surface area contributed by atoms with Gasteiger partial charge in [0.25, 0.3) is 0 Å². The molecule has 3 aromatic carbocycles. The molecule has 0 saturated heterocycles. The predicted molar refractivity (Wildman–Crippen MR) is 192 cm³/mol. The molecule has 0 unspecified atom stereocenters. The van der Waals surface area contributed by atoms with E-state index in [1.165, 1.54) is 19.2 Å². The molecule has 258 valence electrons. The Bertz CT molecular complexity index is 2150. The largest absolute Gasteiger partial charge is 0.737 e. The molecular weight excluding hydrogens is 655 g/mol. The number of allylic oxidation sites excluding steroid dienone is 2. The summed E-state index contributed by atoms with van der Waals surface area (Å²) in [6.45, 7) is -0.477. The van der Waals surface area contributed by atoms with Gasteiger partial charge < -0.3 is 37.1 Å². The molecular formula is C39H34BF2N3O6. The second-order valence-electron chi connectivity index (χ2n) is 11.4. The lowest BCUT2D eigenvalue weighted by Crippen LogP contribution is -2.51. The molecule has 0 fully saturated rings. The summed E-state index contributed by atoms with van der Waals surface area (Å²) in [7, 11) is 0. The Morgan fingerprint density at radius 3 is 2.02 bits per heavy atom. The summed E-state index contributed by atoms with van der Waals surface area (Å²) in [4.78, 5) is 39.3. The molecule has 0 atom stereocenters. The van der Waals surface area contributed by atoms with Crippen molar-refractivity contribution in [1.29, 1.82) is 0 Å². The van der Waals surface area contributed by atoms with E-state index in [2.05, 4.69) is 5.32 Å². The van der Waals surface area contributed by atoms with E-state index in [1.807, 2.05) is 30.3 Å². The van der Waals surface area contributed by atoms with Gasteiger partial charge in [-0.1, -0.05) is 78.9 Å². The van der Waals surface area contributed by atoms with Gasteiger partial charge in [0.2, 0.25) is 0 Å². The minimum absolute atomic E-state index is 0.00717. The first kappa shape index (κ1) is 34.6. The Hall–Kier alpha value is -6.30. The van der Waals surface area contributed by atoms with Crippen LogP contribution >= 0.6 is 0 Å². The number of nitrogens with zero attached hydrogens (tertiary/aromatic N) is 2. The fourth-order valence-electron chi connectivity index (χ4n) is 6.34. The summed E-state index contributed by atoms with van der Waals surface area (Å²) in [5.41, 5.74) is 1.54. The average Bonchev–Trinajstić information content (AvgIpc) is 3.64. The lowest BCUT2D eigenvalue weighted by atomic mass is 9.87. The minimum atomic E-state index is -4.90. The highest BCUT2D eigenvalue weighted by Gasteiger charge is 2.58. The van der Waals surface area contributed by atoms with Crippen LogP contribution in [0.5, 0.6) is 0 Å². The highest BCUT2D eigenvalue weighted by atomic mass is 19.2. The van der Waals surface area contributed by atoms with E-state index < -0.39 is 24.9 Å². The average molecular weight is 690 g/mol. The highest BCUT2D eigenvalue weighted by Crippen LogP contribution is 2.47. The minimum Gasteiger partial charge on any atom is -0.462 e. The predicted octanol–water partition coefficient (Wildman–Crippen LogP) is 7.55. The zero-order chi connectivity index (χ0) is 36.1. The van der Waals surface area contributed by atoms with Gasteiger partial charge in [0.05, 0.1) is 30.6 Å². The van der Waals surface area contributed by atoms with Crippen LogP contribution in [0.15, 0.2) is 121 Å². The Morgan fingerprint density at radius 2 is 1.41 bits per heavy atom. The van der Waals surface area contributed by atoms with E-state index in [9.17, 15) is 14.4 Å². The summed E-state index contributed by atoms with van der Waals surface area (Å²) in [6.07, 6.45) is 6.54. The summed E-state index contributed by atoms with van der Waals surface area (Å²) in [5, 5.41) is 3.09. The number of benzene rings is 3. The number of hydrogen-bond acceptors (Lipinski definition) is 7. The molecule has 6 rings (SSSR count). The third-order valence-electron chi connectivity index (χ3n) is 8.27. The van der Waals surface area contributed by atoms with Crippen LogP contribution < -0.4 is 5.32 Å². The molecule has 4 aromatic rings. The normalized spacial score (nSPS) is 14.7. The van der Waals surface area contributed by atoms with Crippen molar-refractivity contribution in [2.45, 2.75) is 20.8 Å². The summed E-state index contributed by atoms with van der Waals surface area (Å²) in [5.74, 6) is -2.31. The maximum atomic E-state index is 17.8. The molecule has 51 heavy (non-hydrogen) atoms. The molecule has 3 heterocycles. The Labute approximate surface area is 293 Å². The maximum Gasteiger partial charge on any atom is 0.737 e. The van der Waals surface area contributed by atoms with Crippen LogP contribution in [0.3, 0.4) is 0 Å². The zero-order valence-corrected chi connectivity index (χ0v) is 28.1. The lowest BCUT2D eigenvalue weighted by molar-refractivity contribution is -0.358. The van der Waals surface area contributed by atoms with Crippen LogP contribution in [0.1, 0.15) is 48.1 Å². The second-order valence-corrected chi connectivity index (χ2v) is 11.4. The van der Waals surface area contributed by atoms with Gasteiger partial charge in [-0.2, -0.15) is 0 Å². The van der Waals surface area contributed by atoms with E-state index in [0.717, 1.165) is 21.3 Å². The van der Waals surface area contributed by atoms with E-state index in [1.54, 1.807) is 80.6 Å². The highest BCUT2D eigenvalue weighted by molar-refractivity contribution is 6.60. The monoisotopic (exact) mass is 689 g/mol. The number of rotatable bonds is 11. The molecule has 9 nitrogen and oxygen atoms in total. The van der Waals surface area contributed by atoms with Gasteiger partial charge in [-0.3, -0.25) is 4.79 Å². The molecule has 2 aliphatic heterocycles. The first-order valence-corrected chi connectivity index (χ1v) is 16.4. The van der Waals surface area contributed by atoms with Gasteiger partial charge in [-0.05, 0) is 43.2 Å². The third-order valence-corrected chi connectivity index (χ3v) is 8.27. The van der Waals surface area contributed by atoms with Crippen LogP contribution in [0.25, 0.3) is 28.9 Å². The topological polar surface area (TPSA) is 98.9 Å². The number of hydrogen-bond donors (Lipinski definition) is 1. The Kier molecular flexibility index (Phi) is 9.94. The third kappa shape index (κ3) is 6.55. The molecule has 12 heteroatoms. The van der Waals surface area contributed by atoms with Crippen molar-refractivity contribution in [3.05, 3.63) is 143 Å². The van der Waals surface area contributed by atoms with Crippen LogP contribution in [0.4, 0.5) is 14.3 Å². The van der Waals surface area contributed by atoms with Crippen LogP contribution in [0.2, 0.25) is 0 Å². The van der Waals surface area contributed by atoms with Crippen LogP contribution in [-0.2, 0) is 23.8 Å². The fraction of sp³-hybridized carbons (Fsp3) is 0.128. The molecule has 0 radical (unpaired) electrons. The number of carbonyl (C=O) groups excluding carboxylic acids is 3. The van der Waals surface area contributed by atoms with Gasteiger partial charge in [0.15, 0.2) is 11.4 Å². The van der Waals surface area contributed by atoms with Crippen molar-refractivity contribution in [3.8, 4) is 11.1 Å². The van der Waals surface area contributed by atoms with E-state index >= 15 is 8.63 Å². The Balaban J connectivity index is 1.73. The summed E-state index contributed by atoms with van der Waals surface area (Å²) in [6, 6.07) is 26.5. The number of aromatic nitrogens is 1. The van der Waals surface area contributed by atoms with Crippen molar-refractivity contribution < 1.29 is 41.7 Å². The molecule has 0 spiro atoms. The molecule has 0 bridgehead atoms. The van der Waals surface area contributed by atoms with Crippen LogP contribution in [0, 0.1) is 0 Å². The summed E-state index contributed by atoms with van der Waals surface area (Å²) >= 11 is 0. The van der Waals surface area contributed by atoms with Gasteiger partial charge in [0, 0.05) is 47.9 Å². The summed E-state index contributed by atoms with van der Waals surface area (Å²) < 4.78 is 53.2. The first-order valence-electron chi connectivity index (χ1n) is 16.4. The maximum absolute atomic E-state index is 17.8. The van der Waals surface area contributed by atoms with Gasteiger partial charge in [-0.25, -0.2) is 9.59 Å². The number of esters is 3. The van der Waals surface area contributed by atoms with Crippen molar-refractivity contribution >= 4 is 54.0 Å². The molecule has 1 aromatic heterocycles. The number of fused-ring (bicyclic) bond motifs is 2. The molecule has 2 aliphatic rings. The first-order chi connectivity index (χ1) is 24.7. The van der Waals surface area contributed by atoms with Crippen molar-refractivity contribution in [2.75, 3.05) is 18.5 Å². The van der Waals surface area contributed by atoms with Gasteiger partial charge >= 0.3 is 24.9 Å². The van der Waals surface area contributed by atoms with E-state index in [4.69, 9.17) is 14.2 Å². The van der Waals surface area contributed by atoms with Crippen molar-refractivity contribution in [2.24, 2.45) is 0 Å². The molecule has 0 aliphatic carbocycles. The quantitative estimate of drug-likeness (QED) is 0.0752. The number of anilines is 1. The number of ether oxygens (including phenoxy) is 3. The lowest BCUT2D eigenvalue weighted by Gasteiger charge is -2.31. The number of nitrogens with one attached hydrogen (secondary N) is 1. The van der Waals surface area contributed by atoms with Gasteiger partial charge in [0.1, 0.15) is 5.57 Å². The number of carbonyl (C=O) groups is 3. The van der Waals surface area contributed by atoms with E-state index in [0.29, 0.717) is 16.8 Å². The standard InChI is InChI=1S/C39H34BF2N3O6/c1-4-49-38(47)36-30(21-23-43-29-19-13-8-14-20-29)44-32(34(36)27-15-9-6-10-16-27)25-33-35(28-17-11-7-12-18-28)37(39(48)50-5-2)31(22-24-51-26(3)46)45(33)40(44,41)42/h6-25,43H,4-5H2,1-3H3/b23-21+,24-22+.